The summed E-state index contributed by atoms with van der Waals surface area (Å²) in [4.78, 5) is 2.13. The molecule has 18 heavy (non-hydrogen) atoms. The third-order valence-electron chi connectivity index (χ3n) is 3.50. The van der Waals surface area contributed by atoms with Crippen LogP contribution in [0, 0.1) is 5.92 Å². The van der Waals surface area contributed by atoms with E-state index in [2.05, 4.69) is 65.4 Å². The predicted octanol–water partition coefficient (Wildman–Crippen LogP) is 3.35. The van der Waals surface area contributed by atoms with Gasteiger partial charge in [0.2, 0.25) is 0 Å². The van der Waals surface area contributed by atoms with Gasteiger partial charge in [-0.05, 0) is 31.5 Å². The van der Waals surface area contributed by atoms with E-state index in [1.807, 2.05) is 0 Å². The first-order valence-corrected chi connectivity index (χ1v) is 7.18. The van der Waals surface area contributed by atoms with E-state index in [0.717, 1.165) is 24.1 Å². The fraction of sp³-hybridized carbons (Fsp3) is 0.571. The highest BCUT2D eigenvalue weighted by Crippen LogP contribution is 2.30. The molecule has 1 heterocycles. The van der Waals surface area contributed by atoms with E-state index in [4.69, 9.17) is 4.74 Å². The minimum absolute atomic E-state index is 0.431. The quantitative estimate of drug-likeness (QED) is 0.922. The van der Waals surface area contributed by atoms with E-state index in [1.165, 1.54) is 11.4 Å². The minimum Gasteiger partial charge on any atom is -0.381 e. The van der Waals surface area contributed by atoms with Crippen LogP contribution in [0.15, 0.2) is 22.7 Å². The highest BCUT2D eigenvalue weighted by atomic mass is 79.9. The summed E-state index contributed by atoms with van der Waals surface area (Å²) in [5.41, 5.74) is 2.39. The lowest BCUT2D eigenvalue weighted by Gasteiger charge is -2.25. The predicted molar refractivity (Wildman–Crippen MR) is 80.5 cm³/mol. The van der Waals surface area contributed by atoms with Gasteiger partial charge in [-0.1, -0.05) is 15.9 Å². The molecule has 0 aliphatic carbocycles. The first-order valence-electron chi connectivity index (χ1n) is 6.39. The zero-order valence-electron chi connectivity index (χ0n) is 11.2. The average Bonchev–Trinajstić information content (AvgIpc) is 2.81. The van der Waals surface area contributed by atoms with E-state index in [1.54, 1.807) is 0 Å². The Morgan fingerprint density at radius 2 is 2.22 bits per heavy atom. The van der Waals surface area contributed by atoms with Crippen molar-refractivity contribution in [3.63, 3.8) is 0 Å². The highest BCUT2D eigenvalue weighted by molar-refractivity contribution is 9.10. The van der Waals surface area contributed by atoms with Crippen LogP contribution in [-0.4, -0.2) is 33.4 Å². The molecule has 0 amide bonds. The summed E-state index contributed by atoms with van der Waals surface area (Å²) in [6, 6.07) is 6.77. The largest absolute Gasteiger partial charge is 0.381 e. The molecule has 2 rings (SSSR count). The van der Waals surface area contributed by atoms with E-state index >= 15 is 0 Å². The van der Waals surface area contributed by atoms with Gasteiger partial charge in [0.15, 0.2) is 0 Å². The van der Waals surface area contributed by atoms with Crippen molar-refractivity contribution in [2.75, 3.05) is 37.5 Å². The molecule has 4 heteroatoms. The molecule has 1 aromatic rings. The Bertz CT molecular complexity index is 403. The van der Waals surface area contributed by atoms with Gasteiger partial charge in [-0.2, -0.15) is 0 Å². The summed E-state index contributed by atoms with van der Waals surface area (Å²) in [6.45, 7) is 4.01. The van der Waals surface area contributed by atoms with Gasteiger partial charge in [-0.15, -0.1) is 0 Å². The normalized spacial score (nSPS) is 20.8. The monoisotopic (exact) mass is 312 g/mol. The van der Waals surface area contributed by atoms with Gasteiger partial charge in [-0.3, -0.25) is 0 Å². The Morgan fingerprint density at radius 1 is 1.44 bits per heavy atom. The molecule has 2 atom stereocenters. The second-order valence-electron chi connectivity index (χ2n) is 5.11. The second kappa shape index (κ2) is 5.93. The Kier molecular flexibility index (Phi) is 4.51. The van der Waals surface area contributed by atoms with Crippen LogP contribution in [0.4, 0.5) is 11.4 Å². The lowest BCUT2D eigenvalue weighted by Crippen LogP contribution is -2.27. The molecule has 3 nitrogen and oxygen atoms in total. The smallest absolute Gasteiger partial charge is 0.0597 e. The van der Waals surface area contributed by atoms with Crippen LogP contribution in [0.3, 0.4) is 0 Å². The molecule has 1 saturated heterocycles. The number of rotatable bonds is 4. The third kappa shape index (κ3) is 3.18. The van der Waals surface area contributed by atoms with Crippen LogP contribution in [0.2, 0.25) is 0 Å². The van der Waals surface area contributed by atoms with Gasteiger partial charge in [0.1, 0.15) is 0 Å². The number of benzene rings is 1. The molecule has 1 aliphatic heterocycles. The summed E-state index contributed by atoms with van der Waals surface area (Å²) < 4.78 is 6.56. The average molecular weight is 313 g/mol. The molecule has 1 N–H and O–H groups in total. The van der Waals surface area contributed by atoms with Gasteiger partial charge < -0.3 is 15.0 Å². The van der Waals surface area contributed by atoms with Gasteiger partial charge in [0, 0.05) is 37.1 Å². The SMILES string of the molecule is CC(Nc1cc(Br)ccc1N(C)C)C1CCOC1. The van der Waals surface area contributed by atoms with Gasteiger partial charge in [-0.25, -0.2) is 0 Å². The van der Waals surface area contributed by atoms with Crippen LogP contribution < -0.4 is 10.2 Å². The zero-order valence-corrected chi connectivity index (χ0v) is 12.8. The first-order chi connectivity index (χ1) is 8.58. The number of nitrogens with one attached hydrogen (secondary N) is 1. The standard InChI is InChI=1S/C14H21BrN2O/c1-10(11-6-7-18-9-11)16-13-8-12(15)4-5-14(13)17(2)3/h4-5,8,10-11,16H,6-7,9H2,1-3H3. The number of hydrogen-bond donors (Lipinski definition) is 1. The fourth-order valence-electron chi connectivity index (χ4n) is 2.32. The van der Waals surface area contributed by atoms with Crippen LogP contribution in [0.5, 0.6) is 0 Å². The molecule has 0 aromatic heterocycles. The van der Waals surface area contributed by atoms with Crippen molar-refractivity contribution >= 4 is 27.3 Å². The lowest BCUT2D eigenvalue weighted by atomic mass is 10.0. The molecular weight excluding hydrogens is 292 g/mol. The van der Waals surface area contributed by atoms with Crippen molar-refractivity contribution in [1.29, 1.82) is 0 Å². The molecule has 1 aliphatic rings. The van der Waals surface area contributed by atoms with E-state index in [9.17, 15) is 0 Å². The Morgan fingerprint density at radius 3 is 2.83 bits per heavy atom. The first kappa shape index (κ1) is 13.7. The summed E-state index contributed by atoms with van der Waals surface area (Å²) in [5.74, 6) is 0.610. The van der Waals surface area contributed by atoms with Crippen molar-refractivity contribution in [2.24, 2.45) is 5.92 Å². The molecule has 2 unspecified atom stereocenters. The molecule has 1 fully saturated rings. The van der Waals surface area contributed by atoms with E-state index in [0.29, 0.717) is 12.0 Å². The maximum atomic E-state index is 5.46. The van der Waals surface area contributed by atoms with Crippen LogP contribution in [0.25, 0.3) is 0 Å². The summed E-state index contributed by atoms with van der Waals surface area (Å²) in [7, 11) is 4.13. The number of anilines is 2. The summed E-state index contributed by atoms with van der Waals surface area (Å²) in [5, 5.41) is 3.62. The fourth-order valence-corrected chi connectivity index (χ4v) is 2.69. The Hall–Kier alpha value is -0.740. The van der Waals surface area contributed by atoms with Crippen molar-refractivity contribution in [2.45, 2.75) is 19.4 Å². The topological polar surface area (TPSA) is 24.5 Å². The van der Waals surface area contributed by atoms with Crippen LogP contribution in [-0.2, 0) is 4.74 Å². The number of halogens is 1. The van der Waals surface area contributed by atoms with E-state index < -0.39 is 0 Å². The number of hydrogen-bond acceptors (Lipinski definition) is 3. The van der Waals surface area contributed by atoms with Gasteiger partial charge in [0.05, 0.1) is 18.0 Å². The van der Waals surface area contributed by atoms with Crippen LogP contribution >= 0.6 is 15.9 Å². The molecule has 1 aromatic carbocycles. The van der Waals surface area contributed by atoms with Crippen molar-refractivity contribution in [1.82, 2.24) is 0 Å². The van der Waals surface area contributed by atoms with Crippen molar-refractivity contribution < 1.29 is 4.74 Å². The maximum absolute atomic E-state index is 5.46. The summed E-state index contributed by atoms with van der Waals surface area (Å²) >= 11 is 3.54. The molecule has 0 bridgehead atoms. The molecule has 0 spiro atoms. The number of ether oxygens (including phenoxy) is 1. The molecule has 0 radical (unpaired) electrons. The Balaban J connectivity index is 2.13. The molecule has 100 valence electrons. The maximum Gasteiger partial charge on any atom is 0.0597 e. The second-order valence-corrected chi connectivity index (χ2v) is 6.03. The lowest BCUT2D eigenvalue weighted by molar-refractivity contribution is 0.183. The van der Waals surface area contributed by atoms with Crippen molar-refractivity contribution in [3.8, 4) is 0 Å². The molecule has 0 saturated carbocycles. The molecular formula is C14H21BrN2O. The minimum atomic E-state index is 0.431. The van der Waals surface area contributed by atoms with Crippen LogP contribution in [0.1, 0.15) is 13.3 Å². The summed E-state index contributed by atoms with van der Waals surface area (Å²) in [6.07, 6.45) is 1.15. The zero-order chi connectivity index (χ0) is 13.1. The van der Waals surface area contributed by atoms with Gasteiger partial charge in [0.25, 0.3) is 0 Å². The third-order valence-corrected chi connectivity index (χ3v) is 3.99. The number of nitrogens with zero attached hydrogens (tertiary/aromatic N) is 1. The van der Waals surface area contributed by atoms with E-state index in [-0.39, 0.29) is 0 Å². The van der Waals surface area contributed by atoms with Crippen molar-refractivity contribution in [3.05, 3.63) is 22.7 Å². The Labute approximate surface area is 118 Å². The highest BCUT2D eigenvalue weighted by Gasteiger charge is 2.22. The van der Waals surface area contributed by atoms with Gasteiger partial charge >= 0.3 is 0 Å².